The zero-order valence-corrected chi connectivity index (χ0v) is 34.5. The van der Waals surface area contributed by atoms with Crippen LogP contribution in [0.5, 0.6) is 0 Å². The van der Waals surface area contributed by atoms with Gasteiger partial charge in [0.2, 0.25) is 0 Å². The van der Waals surface area contributed by atoms with Crippen molar-refractivity contribution in [2.45, 2.75) is 180 Å². The second-order valence-corrected chi connectivity index (χ2v) is 16.5. The van der Waals surface area contributed by atoms with Crippen LogP contribution in [0.25, 0.3) is 0 Å². The Kier molecular flexibility index (Phi) is 33.3. The number of likely N-dealkylation sites (N-methyl/N-ethyl adjacent to an activating group) is 1. The molecule has 0 aromatic heterocycles. The molecule has 1 unspecified atom stereocenters. The van der Waals surface area contributed by atoms with Crippen LogP contribution >= 0.6 is 7.82 Å². The van der Waals surface area contributed by atoms with Gasteiger partial charge in [-0.1, -0.05) is 141 Å². The number of phosphoric acid groups is 1. The van der Waals surface area contributed by atoms with Crippen molar-refractivity contribution in [3.63, 3.8) is 0 Å². The number of unbranched alkanes of at least 4 members (excludes halogenated alkanes) is 19. The van der Waals surface area contributed by atoms with Gasteiger partial charge >= 0.3 is 19.8 Å². The van der Waals surface area contributed by atoms with E-state index in [1.807, 2.05) is 21.1 Å². The van der Waals surface area contributed by atoms with Gasteiger partial charge in [0.05, 0.1) is 27.7 Å². The molecule has 0 radical (unpaired) electrons. The van der Waals surface area contributed by atoms with E-state index in [9.17, 15) is 19.0 Å². The van der Waals surface area contributed by atoms with E-state index in [4.69, 9.17) is 18.5 Å². The summed E-state index contributed by atoms with van der Waals surface area (Å²) in [6.07, 6.45) is 35.1. The predicted molar refractivity (Wildman–Crippen MR) is 211 cm³/mol. The van der Waals surface area contributed by atoms with Crippen LogP contribution in [0.15, 0.2) is 24.3 Å². The van der Waals surface area contributed by atoms with Gasteiger partial charge in [-0.25, -0.2) is 4.57 Å². The molecule has 9 nitrogen and oxygen atoms in total. The Morgan fingerprint density at radius 3 is 1.59 bits per heavy atom. The summed E-state index contributed by atoms with van der Waals surface area (Å²) < 4.78 is 34.2. The third-order valence-electron chi connectivity index (χ3n) is 8.73. The number of carbonyl (C=O) groups is 2. The van der Waals surface area contributed by atoms with Gasteiger partial charge in [-0.15, -0.1) is 0 Å². The number of phosphoric ester groups is 1. The van der Waals surface area contributed by atoms with Gasteiger partial charge in [0, 0.05) is 12.8 Å². The number of quaternary nitrogens is 1. The molecule has 0 aliphatic rings. The lowest BCUT2D eigenvalue weighted by molar-refractivity contribution is -0.870. The zero-order valence-electron chi connectivity index (χ0n) is 33.6. The Labute approximate surface area is 313 Å². The summed E-state index contributed by atoms with van der Waals surface area (Å²) in [6, 6.07) is 0. The molecule has 0 spiro atoms. The van der Waals surface area contributed by atoms with Gasteiger partial charge in [-0.2, -0.15) is 0 Å². The molecule has 0 heterocycles. The molecule has 1 N–H and O–H groups in total. The second kappa shape index (κ2) is 34.3. The molecular formula is C41H79NO8P+. The Morgan fingerprint density at radius 2 is 1.06 bits per heavy atom. The van der Waals surface area contributed by atoms with E-state index in [0.717, 1.165) is 51.4 Å². The molecule has 300 valence electrons. The molecule has 0 saturated carbocycles. The summed E-state index contributed by atoms with van der Waals surface area (Å²) in [4.78, 5) is 35.2. The number of carbonyl (C=O) groups excluding carboxylic acids is 2. The summed E-state index contributed by atoms with van der Waals surface area (Å²) in [6.45, 7) is 4.37. The van der Waals surface area contributed by atoms with Gasteiger partial charge in [0.15, 0.2) is 6.10 Å². The minimum atomic E-state index is -4.37. The summed E-state index contributed by atoms with van der Waals surface area (Å²) in [5.74, 6) is -0.806. The first-order chi connectivity index (χ1) is 24.5. The fourth-order valence-electron chi connectivity index (χ4n) is 5.45. The Balaban J connectivity index is 4.35. The lowest BCUT2D eigenvalue weighted by Crippen LogP contribution is -2.37. The van der Waals surface area contributed by atoms with Gasteiger partial charge in [0.1, 0.15) is 19.8 Å². The normalized spacial score (nSPS) is 13.9. The molecule has 0 aromatic rings. The van der Waals surface area contributed by atoms with Crippen LogP contribution in [0, 0.1) is 0 Å². The molecule has 0 amide bonds. The summed E-state index contributed by atoms with van der Waals surface area (Å²) in [5, 5.41) is 0. The second-order valence-electron chi connectivity index (χ2n) is 15.0. The highest BCUT2D eigenvalue weighted by molar-refractivity contribution is 7.47. The predicted octanol–water partition coefficient (Wildman–Crippen LogP) is 11.2. The van der Waals surface area contributed by atoms with E-state index in [1.54, 1.807) is 0 Å². The fraction of sp³-hybridized carbons (Fsp3) is 0.854. The van der Waals surface area contributed by atoms with Crippen molar-refractivity contribution in [1.29, 1.82) is 0 Å². The Bertz CT molecular complexity index is 933. The van der Waals surface area contributed by atoms with Gasteiger partial charge in [-0.05, 0) is 44.9 Å². The Morgan fingerprint density at radius 1 is 0.608 bits per heavy atom. The van der Waals surface area contributed by atoms with Crippen LogP contribution in [0.4, 0.5) is 0 Å². The third-order valence-corrected chi connectivity index (χ3v) is 9.72. The zero-order chi connectivity index (χ0) is 37.9. The smallest absolute Gasteiger partial charge is 0.462 e. The number of esters is 2. The number of hydrogen-bond acceptors (Lipinski definition) is 7. The summed E-state index contributed by atoms with van der Waals surface area (Å²) in [7, 11) is 1.47. The van der Waals surface area contributed by atoms with Crippen LogP contribution in [-0.2, 0) is 32.7 Å². The molecule has 2 atom stereocenters. The summed E-state index contributed by atoms with van der Waals surface area (Å²) in [5.41, 5.74) is 0. The van der Waals surface area contributed by atoms with E-state index in [2.05, 4.69) is 38.2 Å². The van der Waals surface area contributed by atoms with E-state index in [1.165, 1.54) is 89.9 Å². The molecule has 0 fully saturated rings. The third kappa shape index (κ3) is 38.0. The van der Waals surface area contributed by atoms with Crippen LogP contribution in [-0.4, -0.2) is 74.9 Å². The summed E-state index contributed by atoms with van der Waals surface area (Å²) >= 11 is 0. The molecule has 0 rings (SSSR count). The van der Waals surface area contributed by atoms with Gasteiger partial charge in [-0.3, -0.25) is 18.6 Å². The maximum atomic E-state index is 12.6. The first-order valence-corrected chi connectivity index (χ1v) is 22.1. The standard InChI is InChI=1S/C41H78NO8P/c1-6-8-10-12-14-16-18-19-20-21-22-23-24-26-27-29-31-33-40(43)47-37-39(38-49-51(45,46)48-36-35-42(3,4)5)50-41(44)34-32-30-28-25-17-15-13-11-9-7-2/h14,16,19-20,39H,6-13,15,17-18,21-38H2,1-5H3/p+1/b16-14+,20-19+/t39-/m0/s1. The maximum absolute atomic E-state index is 12.6. The fourth-order valence-corrected chi connectivity index (χ4v) is 6.20. The van der Waals surface area contributed by atoms with Gasteiger partial charge in [0.25, 0.3) is 0 Å². The first-order valence-electron chi connectivity index (χ1n) is 20.6. The highest BCUT2D eigenvalue weighted by Crippen LogP contribution is 2.43. The number of nitrogens with zero attached hydrogens (tertiary/aromatic N) is 1. The highest BCUT2D eigenvalue weighted by Gasteiger charge is 2.27. The van der Waals surface area contributed by atoms with E-state index in [-0.39, 0.29) is 32.0 Å². The van der Waals surface area contributed by atoms with Crippen LogP contribution in [0.2, 0.25) is 0 Å². The molecule has 0 saturated heterocycles. The van der Waals surface area contributed by atoms with Gasteiger partial charge < -0.3 is 18.9 Å². The topological polar surface area (TPSA) is 108 Å². The van der Waals surface area contributed by atoms with Crippen molar-refractivity contribution in [3.05, 3.63) is 24.3 Å². The highest BCUT2D eigenvalue weighted by atomic mass is 31.2. The molecule has 0 bridgehead atoms. The molecule has 0 aliphatic carbocycles. The molecular weight excluding hydrogens is 665 g/mol. The average Bonchev–Trinajstić information content (AvgIpc) is 3.07. The molecule has 10 heteroatoms. The average molecular weight is 745 g/mol. The monoisotopic (exact) mass is 745 g/mol. The van der Waals surface area contributed by atoms with Crippen molar-refractivity contribution in [1.82, 2.24) is 0 Å². The number of hydrogen-bond donors (Lipinski definition) is 1. The van der Waals surface area contributed by atoms with Crippen molar-refractivity contribution in [3.8, 4) is 0 Å². The molecule has 0 aromatic carbocycles. The SMILES string of the molecule is CCCCC/C=C/C/C=C/CCCCCCCCCC(=O)OC[C@@H](COP(=O)(O)OCC[N+](C)(C)C)OC(=O)CCCCCCCCCCCC. The minimum absolute atomic E-state index is 0.0319. The molecule has 0 aliphatic heterocycles. The quantitative estimate of drug-likeness (QED) is 0.0220. The van der Waals surface area contributed by atoms with Crippen molar-refractivity contribution < 1.29 is 42.1 Å². The van der Waals surface area contributed by atoms with Crippen molar-refractivity contribution >= 4 is 19.8 Å². The molecule has 51 heavy (non-hydrogen) atoms. The Hall–Kier alpha value is -1.51. The minimum Gasteiger partial charge on any atom is -0.462 e. The number of ether oxygens (including phenoxy) is 2. The van der Waals surface area contributed by atoms with Crippen LogP contribution < -0.4 is 0 Å². The van der Waals surface area contributed by atoms with E-state index >= 15 is 0 Å². The van der Waals surface area contributed by atoms with Crippen LogP contribution in [0.3, 0.4) is 0 Å². The van der Waals surface area contributed by atoms with E-state index in [0.29, 0.717) is 17.4 Å². The van der Waals surface area contributed by atoms with Crippen molar-refractivity contribution in [2.75, 3.05) is 47.5 Å². The first kappa shape index (κ1) is 49.5. The number of rotatable bonds is 37. The maximum Gasteiger partial charge on any atom is 0.472 e. The van der Waals surface area contributed by atoms with Crippen molar-refractivity contribution in [2.24, 2.45) is 0 Å². The van der Waals surface area contributed by atoms with Crippen LogP contribution in [0.1, 0.15) is 174 Å². The largest absolute Gasteiger partial charge is 0.472 e. The number of allylic oxidation sites excluding steroid dienone is 4. The van der Waals surface area contributed by atoms with E-state index < -0.39 is 26.5 Å². The lowest BCUT2D eigenvalue weighted by Gasteiger charge is -2.24. The lowest BCUT2D eigenvalue weighted by atomic mass is 10.1.